The van der Waals surface area contributed by atoms with Crippen LogP contribution in [0.2, 0.25) is 5.02 Å². The molecule has 0 aliphatic heterocycles. The number of nitrogens with one attached hydrogen (secondary N) is 1. The molecular weight excluding hydrogens is 477 g/mol. The highest BCUT2D eigenvalue weighted by atomic mass is 127. The summed E-state index contributed by atoms with van der Waals surface area (Å²) in [5, 5.41) is 3.91. The summed E-state index contributed by atoms with van der Waals surface area (Å²) in [6, 6.07) is 12.6. The zero-order valence-corrected chi connectivity index (χ0v) is 18.1. The van der Waals surface area contributed by atoms with E-state index >= 15 is 0 Å². The van der Waals surface area contributed by atoms with Crippen LogP contribution in [0.1, 0.15) is 20.8 Å². The Kier molecular flexibility index (Phi) is 5.58. The van der Waals surface area contributed by atoms with Gasteiger partial charge in [0.2, 0.25) is 5.91 Å². The lowest BCUT2D eigenvalue weighted by atomic mass is 10.1. The normalized spacial score (nSPS) is 11.6. The van der Waals surface area contributed by atoms with Crippen molar-refractivity contribution < 1.29 is 4.79 Å². The van der Waals surface area contributed by atoms with Crippen LogP contribution in [0.15, 0.2) is 47.3 Å². The summed E-state index contributed by atoms with van der Waals surface area (Å²) in [5.74, 6) is 0.167. The topological polar surface area (TPSA) is 64.0 Å². The Morgan fingerprint density at radius 3 is 2.63 bits per heavy atom. The van der Waals surface area contributed by atoms with Crippen LogP contribution in [0.25, 0.3) is 22.3 Å². The van der Waals surface area contributed by atoms with Crippen LogP contribution in [-0.2, 0) is 11.3 Å². The summed E-state index contributed by atoms with van der Waals surface area (Å²) in [4.78, 5) is 30.3. The molecule has 0 aliphatic carbocycles. The second kappa shape index (κ2) is 7.59. The second-order valence-corrected chi connectivity index (χ2v) is 8.98. The quantitative estimate of drug-likeness (QED) is 0.553. The lowest BCUT2D eigenvalue weighted by molar-refractivity contribution is -0.123. The number of nitrogens with zero attached hydrogens (tertiary/aromatic N) is 2. The highest BCUT2D eigenvalue weighted by Gasteiger charge is 2.19. The van der Waals surface area contributed by atoms with Gasteiger partial charge in [-0.15, -0.1) is 0 Å². The van der Waals surface area contributed by atoms with Gasteiger partial charge in [0, 0.05) is 19.7 Å². The molecule has 0 saturated heterocycles. The van der Waals surface area contributed by atoms with E-state index in [0.29, 0.717) is 27.3 Å². The Labute approximate surface area is 175 Å². The minimum atomic E-state index is -0.392. The van der Waals surface area contributed by atoms with E-state index in [4.69, 9.17) is 11.6 Å². The van der Waals surface area contributed by atoms with Crippen molar-refractivity contribution in [2.75, 3.05) is 0 Å². The van der Waals surface area contributed by atoms with Crippen LogP contribution in [0, 0.1) is 3.57 Å². The standard InChI is InChI=1S/C20H19ClIN3O2/c1-20(2,3)24-17(26)11-25-18(12-5-4-6-13(21)9-12)23-16-8-7-14(22)10-15(16)19(25)27/h4-10H,11H2,1-3H3,(H,24,26). The molecular formula is C20H19ClIN3O2. The smallest absolute Gasteiger partial charge is 0.262 e. The number of hydrogen-bond acceptors (Lipinski definition) is 3. The summed E-state index contributed by atoms with van der Waals surface area (Å²) in [7, 11) is 0. The fourth-order valence-corrected chi connectivity index (χ4v) is 3.47. The van der Waals surface area contributed by atoms with Crippen molar-refractivity contribution in [1.29, 1.82) is 0 Å². The Morgan fingerprint density at radius 2 is 1.96 bits per heavy atom. The fraction of sp³-hybridized carbons (Fsp3) is 0.250. The van der Waals surface area contributed by atoms with Gasteiger partial charge < -0.3 is 5.32 Å². The first-order valence-corrected chi connectivity index (χ1v) is 9.87. The van der Waals surface area contributed by atoms with Gasteiger partial charge in [-0.05, 0) is 73.7 Å². The van der Waals surface area contributed by atoms with Gasteiger partial charge >= 0.3 is 0 Å². The fourth-order valence-electron chi connectivity index (χ4n) is 2.79. The molecule has 0 atom stereocenters. The molecule has 7 heteroatoms. The molecule has 2 aromatic carbocycles. The summed E-state index contributed by atoms with van der Waals surface area (Å²) in [5.41, 5.74) is 0.625. The average molecular weight is 496 g/mol. The van der Waals surface area contributed by atoms with E-state index in [1.165, 1.54) is 4.57 Å². The molecule has 1 heterocycles. The Morgan fingerprint density at radius 1 is 1.22 bits per heavy atom. The maximum Gasteiger partial charge on any atom is 0.262 e. The van der Waals surface area contributed by atoms with Gasteiger partial charge in [0.15, 0.2) is 0 Å². The maximum absolute atomic E-state index is 13.2. The van der Waals surface area contributed by atoms with E-state index in [0.717, 1.165) is 3.57 Å². The van der Waals surface area contributed by atoms with Crippen molar-refractivity contribution in [3.63, 3.8) is 0 Å². The molecule has 0 unspecified atom stereocenters. The molecule has 1 aromatic heterocycles. The minimum Gasteiger partial charge on any atom is -0.350 e. The molecule has 0 aliphatic rings. The number of carbonyl (C=O) groups excluding carboxylic acids is 1. The first-order valence-electron chi connectivity index (χ1n) is 8.41. The van der Waals surface area contributed by atoms with Gasteiger partial charge in [0.1, 0.15) is 12.4 Å². The third kappa shape index (κ3) is 4.68. The number of fused-ring (bicyclic) bond motifs is 1. The van der Waals surface area contributed by atoms with Crippen molar-refractivity contribution in [3.05, 3.63) is 61.4 Å². The molecule has 3 aromatic rings. The first kappa shape index (κ1) is 19.8. The number of hydrogen-bond donors (Lipinski definition) is 1. The summed E-state index contributed by atoms with van der Waals surface area (Å²) < 4.78 is 2.34. The molecule has 0 radical (unpaired) electrons. The van der Waals surface area contributed by atoms with Crippen LogP contribution < -0.4 is 10.9 Å². The SMILES string of the molecule is CC(C)(C)NC(=O)Cn1c(-c2cccc(Cl)c2)nc2ccc(I)cc2c1=O. The molecule has 27 heavy (non-hydrogen) atoms. The monoisotopic (exact) mass is 495 g/mol. The Balaban J connectivity index is 2.21. The second-order valence-electron chi connectivity index (χ2n) is 7.30. The zero-order chi connectivity index (χ0) is 19.8. The van der Waals surface area contributed by atoms with Gasteiger partial charge in [-0.3, -0.25) is 14.2 Å². The summed E-state index contributed by atoms with van der Waals surface area (Å²) >= 11 is 8.27. The molecule has 3 rings (SSSR count). The lowest BCUT2D eigenvalue weighted by Crippen LogP contribution is -2.43. The van der Waals surface area contributed by atoms with Crippen molar-refractivity contribution >= 4 is 51.0 Å². The molecule has 0 bridgehead atoms. The van der Waals surface area contributed by atoms with E-state index in [1.54, 1.807) is 24.3 Å². The van der Waals surface area contributed by atoms with Crippen molar-refractivity contribution in [2.45, 2.75) is 32.9 Å². The number of carbonyl (C=O) groups is 1. The highest BCUT2D eigenvalue weighted by Crippen LogP contribution is 2.23. The van der Waals surface area contributed by atoms with Crippen LogP contribution >= 0.6 is 34.2 Å². The minimum absolute atomic E-state index is 0.119. The van der Waals surface area contributed by atoms with Crippen molar-refractivity contribution in [3.8, 4) is 11.4 Å². The molecule has 0 saturated carbocycles. The van der Waals surface area contributed by atoms with Gasteiger partial charge in [0.05, 0.1) is 10.9 Å². The predicted octanol–water partition coefficient (Wildman–Crippen LogP) is 4.24. The molecule has 5 nitrogen and oxygen atoms in total. The van der Waals surface area contributed by atoms with E-state index in [-0.39, 0.29) is 18.0 Å². The van der Waals surface area contributed by atoms with Crippen LogP contribution in [0.3, 0.4) is 0 Å². The summed E-state index contributed by atoms with van der Waals surface area (Å²) in [6.45, 7) is 5.57. The van der Waals surface area contributed by atoms with E-state index in [2.05, 4.69) is 32.9 Å². The van der Waals surface area contributed by atoms with Gasteiger partial charge in [0.25, 0.3) is 5.56 Å². The largest absolute Gasteiger partial charge is 0.350 e. The van der Waals surface area contributed by atoms with Gasteiger partial charge in [-0.2, -0.15) is 0 Å². The third-order valence-corrected chi connectivity index (χ3v) is 4.72. The van der Waals surface area contributed by atoms with E-state index in [1.807, 2.05) is 39.0 Å². The van der Waals surface area contributed by atoms with Crippen LogP contribution in [0.5, 0.6) is 0 Å². The molecule has 1 amide bonds. The van der Waals surface area contributed by atoms with E-state index in [9.17, 15) is 9.59 Å². The molecule has 0 fully saturated rings. The lowest BCUT2D eigenvalue weighted by Gasteiger charge is -2.21. The number of amides is 1. The zero-order valence-electron chi connectivity index (χ0n) is 15.2. The maximum atomic E-state index is 13.2. The number of halogens is 2. The molecule has 0 spiro atoms. The first-order chi connectivity index (χ1) is 12.6. The summed E-state index contributed by atoms with van der Waals surface area (Å²) in [6.07, 6.45) is 0. The third-order valence-electron chi connectivity index (χ3n) is 3.82. The Hall–Kier alpha value is -1.93. The van der Waals surface area contributed by atoms with Gasteiger partial charge in [-0.1, -0.05) is 23.7 Å². The van der Waals surface area contributed by atoms with Crippen LogP contribution in [0.4, 0.5) is 0 Å². The number of aromatic nitrogens is 2. The van der Waals surface area contributed by atoms with Gasteiger partial charge in [-0.25, -0.2) is 4.98 Å². The highest BCUT2D eigenvalue weighted by molar-refractivity contribution is 14.1. The van der Waals surface area contributed by atoms with Crippen molar-refractivity contribution in [2.24, 2.45) is 0 Å². The van der Waals surface area contributed by atoms with E-state index < -0.39 is 5.54 Å². The number of benzene rings is 2. The number of rotatable bonds is 3. The van der Waals surface area contributed by atoms with Crippen molar-refractivity contribution in [1.82, 2.24) is 14.9 Å². The van der Waals surface area contributed by atoms with Crippen LogP contribution in [-0.4, -0.2) is 21.0 Å². The predicted molar refractivity (Wildman–Crippen MR) is 117 cm³/mol. The average Bonchev–Trinajstić information content (AvgIpc) is 2.56. The molecule has 140 valence electrons. The molecule has 1 N–H and O–H groups in total. The Bertz CT molecular complexity index is 1090.